The van der Waals surface area contributed by atoms with Crippen LogP contribution in [0.4, 0.5) is 0 Å². The summed E-state index contributed by atoms with van der Waals surface area (Å²) in [6, 6.07) is 0. The minimum absolute atomic E-state index is 0.0453. The van der Waals surface area contributed by atoms with Gasteiger partial charge in [0.05, 0.1) is 13.2 Å². The second-order valence-corrected chi connectivity index (χ2v) is 4.55. The number of imidazole rings is 1. The summed E-state index contributed by atoms with van der Waals surface area (Å²) in [5, 5.41) is 9.02. The summed E-state index contributed by atoms with van der Waals surface area (Å²) in [6.45, 7) is 2.13. The van der Waals surface area contributed by atoms with Crippen LogP contribution in [0.1, 0.15) is 19.8 Å². The van der Waals surface area contributed by atoms with E-state index < -0.39 is 11.2 Å². The van der Waals surface area contributed by atoms with Crippen molar-refractivity contribution in [3.05, 3.63) is 26.1 Å². The number of aromatic amines is 1. The molecule has 0 unspecified atom stereocenters. The maximum Gasteiger partial charge on any atom is 0.332 e. The van der Waals surface area contributed by atoms with Crippen LogP contribution < -0.4 is 11.2 Å². The van der Waals surface area contributed by atoms with Crippen LogP contribution in [0.2, 0.25) is 5.28 Å². The number of fused-ring (bicyclic) bond motifs is 1. The number of aryl methyl sites for hydroxylation is 1. The van der Waals surface area contributed by atoms with Crippen molar-refractivity contribution in [3.8, 4) is 0 Å². The van der Waals surface area contributed by atoms with E-state index in [1.165, 1.54) is 4.57 Å². The number of nitrogens with zero attached hydrogens (tertiary/aromatic N) is 3. The van der Waals surface area contributed by atoms with Crippen LogP contribution >= 0.6 is 11.6 Å². The van der Waals surface area contributed by atoms with Gasteiger partial charge in [0.25, 0.3) is 5.56 Å². The minimum atomic E-state index is -0.513. The largest absolute Gasteiger partial charge is 0.395 e. The van der Waals surface area contributed by atoms with E-state index in [2.05, 4.69) is 9.97 Å². The standard InChI is InChI=1S/C11H15ClN4O3/c1-2-3-4-15-8-7(13-10(12)14-8)9(18)16(5-6-17)11(15)19/h17H,2-6H2,1H3,(H,13,14). The van der Waals surface area contributed by atoms with Crippen molar-refractivity contribution in [1.29, 1.82) is 0 Å². The Morgan fingerprint density at radius 1 is 1.32 bits per heavy atom. The number of hydrogen-bond donors (Lipinski definition) is 2. The highest BCUT2D eigenvalue weighted by Gasteiger charge is 2.16. The molecule has 2 rings (SSSR count). The lowest BCUT2D eigenvalue weighted by atomic mass is 10.3. The lowest BCUT2D eigenvalue weighted by Crippen LogP contribution is -2.41. The van der Waals surface area contributed by atoms with Crippen molar-refractivity contribution < 1.29 is 5.11 Å². The van der Waals surface area contributed by atoms with Crippen LogP contribution in [0.15, 0.2) is 9.59 Å². The number of unbranched alkanes of at least 4 members (excludes halogenated alkanes) is 1. The molecule has 0 radical (unpaired) electrons. The van der Waals surface area contributed by atoms with E-state index >= 15 is 0 Å². The molecule has 2 aromatic heterocycles. The Kier molecular flexibility index (Phi) is 4.06. The highest BCUT2D eigenvalue weighted by Crippen LogP contribution is 2.10. The second-order valence-electron chi connectivity index (χ2n) is 4.19. The van der Waals surface area contributed by atoms with Gasteiger partial charge in [0, 0.05) is 6.54 Å². The minimum Gasteiger partial charge on any atom is -0.395 e. The van der Waals surface area contributed by atoms with Gasteiger partial charge in [-0.25, -0.2) is 4.79 Å². The van der Waals surface area contributed by atoms with Crippen molar-refractivity contribution in [2.24, 2.45) is 0 Å². The molecule has 0 aliphatic heterocycles. The molecule has 0 spiro atoms. The fraction of sp³-hybridized carbons (Fsp3) is 0.545. The summed E-state index contributed by atoms with van der Waals surface area (Å²) in [7, 11) is 0. The van der Waals surface area contributed by atoms with Gasteiger partial charge >= 0.3 is 5.69 Å². The van der Waals surface area contributed by atoms with Gasteiger partial charge in [-0.15, -0.1) is 0 Å². The third-order valence-corrected chi connectivity index (χ3v) is 3.07. The molecule has 0 aliphatic carbocycles. The number of nitrogens with one attached hydrogen (secondary N) is 1. The zero-order valence-corrected chi connectivity index (χ0v) is 11.3. The molecule has 0 aliphatic rings. The molecule has 104 valence electrons. The molecule has 2 N–H and O–H groups in total. The van der Waals surface area contributed by atoms with Crippen LogP contribution in [0.25, 0.3) is 11.2 Å². The molecule has 8 heteroatoms. The Hall–Kier alpha value is -1.60. The highest BCUT2D eigenvalue weighted by atomic mass is 35.5. The van der Waals surface area contributed by atoms with Gasteiger partial charge in [0.2, 0.25) is 5.28 Å². The first-order valence-electron chi connectivity index (χ1n) is 6.09. The number of aliphatic hydroxyl groups excluding tert-OH is 1. The average Bonchev–Trinajstić information content (AvgIpc) is 2.76. The topological polar surface area (TPSA) is 92.9 Å². The summed E-state index contributed by atoms with van der Waals surface area (Å²) in [4.78, 5) is 30.9. The quantitative estimate of drug-likeness (QED) is 0.775. The smallest absolute Gasteiger partial charge is 0.332 e. The molecule has 0 saturated heterocycles. The Balaban J connectivity index is 2.76. The number of H-pyrrole nitrogens is 1. The summed E-state index contributed by atoms with van der Waals surface area (Å²) in [5.41, 5.74) is -0.527. The van der Waals surface area contributed by atoms with Crippen molar-refractivity contribution in [2.45, 2.75) is 32.9 Å². The van der Waals surface area contributed by atoms with E-state index in [0.29, 0.717) is 6.54 Å². The molecule has 2 heterocycles. The zero-order chi connectivity index (χ0) is 14.0. The average molecular weight is 287 g/mol. The van der Waals surface area contributed by atoms with Gasteiger partial charge in [0.1, 0.15) is 0 Å². The summed E-state index contributed by atoms with van der Waals surface area (Å²) in [6.07, 6.45) is 1.70. The molecule has 2 aromatic rings. The highest BCUT2D eigenvalue weighted by molar-refractivity contribution is 6.28. The van der Waals surface area contributed by atoms with Crippen molar-refractivity contribution in [3.63, 3.8) is 0 Å². The summed E-state index contributed by atoms with van der Waals surface area (Å²) >= 11 is 5.76. The zero-order valence-electron chi connectivity index (χ0n) is 10.5. The van der Waals surface area contributed by atoms with Gasteiger partial charge in [0.15, 0.2) is 11.2 Å². The number of aliphatic hydroxyl groups is 1. The van der Waals surface area contributed by atoms with E-state index in [0.717, 1.165) is 17.4 Å². The number of aromatic nitrogens is 4. The van der Waals surface area contributed by atoms with Crippen LogP contribution in [-0.4, -0.2) is 30.8 Å². The maximum atomic E-state index is 12.2. The Bertz CT molecular complexity index is 700. The molecule has 0 fully saturated rings. The number of rotatable bonds is 5. The third kappa shape index (κ3) is 2.43. The van der Waals surface area contributed by atoms with Crippen LogP contribution in [-0.2, 0) is 13.1 Å². The molecular weight excluding hydrogens is 272 g/mol. The predicted molar refractivity (Wildman–Crippen MR) is 71.6 cm³/mol. The molecule has 7 nitrogen and oxygen atoms in total. The number of hydrogen-bond acceptors (Lipinski definition) is 4. The summed E-state index contributed by atoms with van der Waals surface area (Å²) < 4.78 is 2.41. The van der Waals surface area contributed by atoms with Crippen LogP contribution in [0.3, 0.4) is 0 Å². The third-order valence-electron chi connectivity index (χ3n) is 2.89. The van der Waals surface area contributed by atoms with Gasteiger partial charge in [-0.1, -0.05) is 13.3 Å². The summed E-state index contributed by atoms with van der Waals surface area (Å²) in [5.74, 6) is 0. The van der Waals surface area contributed by atoms with Crippen LogP contribution in [0.5, 0.6) is 0 Å². The first-order chi connectivity index (χ1) is 9.10. The van der Waals surface area contributed by atoms with E-state index in [1.54, 1.807) is 0 Å². The normalized spacial score (nSPS) is 11.3. The van der Waals surface area contributed by atoms with E-state index in [-0.39, 0.29) is 29.6 Å². The molecule has 0 amide bonds. The van der Waals surface area contributed by atoms with Crippen molar-refractivity contribution in [2.75, 3.05) is 6.61 Å². The Morgan fingerprint density at radius 2 is 2.05 bits per heavy atom. The lowest BCUT2D eigenvalue weighted by Gasteiger charge is -2.09. The monoisotopic (exact) mass is 286 g/mol. The van der Waals surface area contributed by atoms with E-state index in [9.17, 15) is 9.59 Å². The van der Waals surface area contributed by atoms with E-state index in [4.69, 9.17) is 16.7 Å². The Morgan fingerprint density at radius 3 is 2.68 bits per heavy atom. The Labute approximate surface area is 113 Å². The van der Waals surface area contributed by atoms with Gasteiger partial charge in [-0.05, 0) is 18.0 Å². The van der Waals surface area contributed by atoms with Gasteiger partial charge in [-0.3, -0.25) is 13.9 Å². The maximum absolute atomic E-state index is 12.2. The fourth-order valence-corrected chi connectivity index (χ4v) is 2.13. The first-order valence-corrected chi connectivity index (χ1v) is 6.47. The second kappa shape index (κ2) is 5.58. The van der Waals surface area contributed by atoms with Gasteiger partial charge < -0.3 is 10.1 Å². The number of halogens is 1. The lowest BCUT2D eigenvalue weighted by molar-refractivity contribution is 0.270. The van der Waals surface area contributed by atoms with Crippen LogP contribution in [0, 0.1) is 0 Å². The molecule has 0 bridgehead atoms. The predicted octanol–water partition coefficient (Wildman–Crippen LogP) is 0.332. The molecule has 0 saturated carbocycles. The molecule has 19 heavy (non-hydrogen) atoms. The fourth-order valence-electron chi connectivity index (χ4n) is 1.95. The molecule has 0 aromatic carbocycles. The van der Waals surface area contributed by atoms with Crippen molar-refractivity contribution in [1.82, 2.24) is 19.1 Å². The van der Waals surface area contributed by atoms with Gasteiger partial charge in [-0.2, -0.15) is 4.98 Å². The van der Waals surface area contributed by atoms with Crippen molar-refractivity contribution >= 4 is 22.8 Å². The molecule has 0 atom stereocenters. The molecular formula is C11H15ClN4O3. The SMILES string of the molecule is CCCCn1c(=O)n(CCO)c(=O)c2[nH]c(Cl)nc21. The first kappa shape index (κ1) is 13.8. The van der Waals surface area contributed by atoms with E-state index in [1.807, 2.05) is 6.92 Å².